The maximum absolute atomic E-state index is 11.0. The Morgan fingerprint density at radius 2 is 1.93 bits per heavy atom. The third-order valence-corrected chi connectivity index (χ3v) is 3.27. The van der Waals surface area contributed by atoms with Crippen LogP contribution in [0.3, 0.4) is 0 Å². The lowest BCUT2D eigenvalue weighted by Gasteiger charge is -2.30. The molecule has 1 heteroatoms. The van der Waals surface area contributed by atoms with E-state index < -0.39 is 0 Å². The summed E-state index contributed by atoms with van der Waals surface area (Å²) in [7, 11) is 0. The van der Waals surface area contributed by atoms with Crippen LogP contribution in [0.25, 0.3) is 0 Å². The lowest BCUT2D eigenvalue weighted by molar-refractivity contribution is -0.110. The maximum Gasteiger partial charge on any atom is 0.127 e. The van der Waals surface area contributed by atoms with Gasteiger partial charge in [0.25, 0.3) is 0 Å². The summed E-state index contributed by atoms with van der Waals surface area (Å²) in [6, 6.07) is 8.36. The standard InChI is InChI=1S/C13H16O/c1-10-5-7-12(8-6-10)13(9-14)11-3-2-4-11/h5-9,11,13H,2-4H2,1H3. The zero-order valence-electron chi connectivity index (χ0n) is 8.57. The zero-order valence-corrected chi connectivity index (χ0v) is 8.57. The molecule has 1 unspecified atom stereocenters. The van der Waals surface area contributed by atoms with E-state index >= 15 is 0 Å². The zero-order chi connectivity index (χ0) is 9.97. The minimum atomic E-state index is 0.143. The number of carbonyl (C=O) groups is 1. The Bertz CT molecular complexity index is 309. The van der Waals surface area contributed by atoms with E-state index in [0.717, 1.165) is 6.29 Å². The summed E-state index contributed by atoms with van der Waals surface area (Å²) in [5, 5.41) is 0. The van der Waals surface area contributed by atoms with E-state index in [1.54, 1.807) is 0 Å². The fourth-order valence-electron chi connectivity index (χ4n) is 2.05. The van der Waals surface area contributed by atoms with Crippen molar-refractivity contribution in [3.63, 3.8) is 0 Å². The summed E-state index contributed by atoms with van der Waals surface area (Å²) < 4.78 is 0. The molecule has 0 N–H and O–H groups in total. The Hall–Kier alpha value is -1.11. The largest absolute Gasteiger partial charge is 0.303 e. The van der Waals surface area contributed by atoms with Crippen molar-refractivity contribution < 1.29 is 4.79 Å². The molecular formula is C13H16O. The monoisotopic (exact) mass is 188 g/mol. The van der Waals surface area contributed by atoms with Crippen LogP contribution in [0, 0.1) is 12.8 Å². The molecule has 1 atom stereocenters. The van der Waals surface area contributed by atoms with Crippen molar-refractivity contribution >= 4 is 6.29 Å². The smallest absolute Gasteiger partial charge is 0.127 e. The van der Waals surface area contributed by atoms with Gasteiger partial charge in [-0.25, -0.2) is 0 Å². The van der Waals surface area contributed by atoms with Crippen LogP contribution in [0.1, 0.15) is 36.3 Å². The van der Waals surface area contributed by atoms with Crippen LogP contribution in [0.5, 0.6) is 0 Å². The molecule has 1 aliphatic carbocycles. The first-order valence-electron chi connectivity index (χ1n) is 5.33. The highest BCUT2D eigenvalue weighted by atomic mass is 16.1. The Morgan fingerprint density at radius 1 is 1.29 bits per heavy atom. The second kappa shape index (κ2) is 3.95. The summed E-state index contributed by atoms with van der Waals surface area (Å²) in [5.74, 6) is 0.750. The van der Waals surface area contributed by atoms with E-state index in [9.17, 15) is 4.79 Å². The average molecular weight is 188 g/mol. The lowest BCUT2D eigenvalue weighted by atomic mass is 9.73. The minimum Gasteiger partial charge on any atom is -0.303 e. The van der Waals surface area contributed by atoms with Gasteiger partial charge in [-0.1, -0.05) is 36.2 Å². The molecule has 0 bridgehead atoms. The number of rotatable bonds is 3. The van der Waals surface area contributed by atoms with Crippen molar-refractivity contribution in [3.8, 4) is 0 Å². The molecule has 1 fully saturated rings. The van der Waals surface area contributed by atoms with Crippen molar-refractivity contribution in [1.29, 1.82) is 0 Å². The van der Waals surface area contributed by atoms with Crippen molar-refractivity contribution in [2.24, 2.45) is 5.92 Å². The van der Waals surface area contributed by atoms with Gasteiger partial charge in [0.15, 0.2) is 0 Å². The topological polar surface area (TPSA) is 17.1 Å². The number of benzene rings is 1. The van der Waals surface area contributed by atoms with Gasteiger partial charge >= 0.3 is 0 Å². The molecule has 14 heavy (non-hydrogen) atoms. The highest BCUT2D eigenvalue weighted by Gasteiger charge is 2.27. The van der Waals surface area contributed by atoms with Crippen molar-refractivity contribution in [2.75, 3.05) is 0 Å². The van der Waals surface area contributed by atoms with Gasteiger partial charge in [0.2, 0.25) is 0 Å². The molecule has 1 saturated carbocycles. The quantitative estimate of drug-likeness (QED) is 0.666. The number of aryl methyl sites for hydroxylation is 1. The van der Waals surface area contributed by atoms with E-state index in [0.29, 0.717) is 5.92 Å². The number of hydrogen-bond donors (Lipinski definition) is 0. The minimum absolute atomic E-state index is 0.143. The van der Waals surface area contributed by atoms with E-state index in [1.165, 1.54) is 30.4 Å². The second-order valence-corrected chi connectivity index (χ2v) is 4.26. The molecule has 1 nitrogen and oxygen atoms in total. The van der Waals surface area contributed by atoms with Crippen molar-refractivity contribution in [2.45, 2.75) is 32.1 Å². The summed E-state index contributed by atoms with van der Waals surface area (Å²) in [5.41, 5.74) is 2.45. The van der Waals surface area contributed by atoms with Crippen LogP contribution in [0.15, 0.2) is 24.3 Å². The molecular weight excluding hydrogens is 172 g/mol. The number of hydrogen-bond acceptors (Lipinski definition) is 1. The van der Waals surface area contributed by atoms with E-state index in [2.05, 4.69) is 31.2 Å². The highest BCUT2D eigenvalue weighted by molar-refractivity contribution is 5.63. The predicted molar refractivity (Wildman–Crippen MR) is 57.3 cm³/mol. The SMILES string of the molecule is Cc1ccc(C(C=O)C2CCC2)cc1. The molecule has 74 valence electrons. The van der Waals surface area contributed by atoms with Gasteiger partial charge in [0.1, 0.15) is 6.29 Å². The maximum atomic E-state index is 11.0. The summed E-state index contributed by atoms with van der Waals surface area (Å²) in [4.78, 5) is 11.0. The van der Waals surface area contributed by atoms with Crippen LogP contribution < -0.4 is 0 Å². The van der Waals surface area contributed by atoms with Crippen LogP contribution in [0.2, 0.25) is 0 Å². The predicted octanol–water partition coefficient (Wildman–Crippen LogP) is 3.08. The normalized spacial score (nSPS) is 18.6. The van der Waals surface area contributed by atoms with E-state index in [-0.39, 0.29) is 5.92 Å². The lowest BCUT2D eigenvalue weighted by Crippen LogP contribution is -2.21. The van der Waals surface area contributed by atoms with Crippen LogP contribution in [-0.2, 0) is 4.79 Å². The molecule has 0 radical (unpaired) electrons. The van der Waals surface area contributed by atoms with E-state index in [1.807, 2.05) is 0 Å². The van der Waals surface area contributed by atoms with Gasteiger partial charge < -0.3 is 4.79 Å². The van der Waals surface area contributed by atoms with Gasteiger partial charge in [-0.2, -0.15) is 0 Å². The Kier molecular flexibility index (Phi) is 2.67. The number of carbonyl (C=O) groups excluding carboxylic acids is 1. The van der Waals surface area contributed by atoms with Crippen molar-refractivity contribution in [3.05, 3.63) is 35.4 Å². The second-order valence-electron chi connectivity index (χ2n) is 4.26. The van der Waals surface area contributed by atoms with Crippen molar-refractivity contribution in [1.82, 2.24) is 0 Å². The molecule has 1 aromatic carbocycles. The first-order valence-corrected chi connectivity index (χ1v) is 5.33. The third-order valence-electron chi connectivity index (χ3n) is 3.27. The Labute approximate surface area is 85.1 Å². The van der Waals surface area contributed by atoms with Gasteiger partial charge in [0, 0.05) is 5.92 Å². The summed E-state index contributed by atoms with van der Waals surface area (Å²) in [6.45, 7) is 2.07. The highest BCUT2D eigenvalue weighted by Crippen LogP contribution is 2.37. The molecule has 0 aliphatic heterocycles. The van der Waals surface area contributed by atoms with Gasteiger partial charge in [-0.15, -0.1) is 0 Å². The molecule has 0 heterocycles. The summed E-state index contributed by atoms with van der Waals surface area (Å²) >= 11 is 0. The fourth-order valence-corrected chi connectivity index (χ4v) is 2.05. The molecule has 0 aromatic heterocycles. The molecule has 0 saturated heterocycles. The molecule has 2 rings (SSSR count). The van der Waals surface area contributed by atoms with Crippen LogP contribution in [-0.4, -0.2) is 6.29 Å². The average Bonchev–Trinajstić information content (AvgIpc) is 2.13. The first-order chi connectivity index (χ1) is 6.81. The third kappa shape index (κ3) is 1.72. The Balaban J connectivity index is 2.18. The van der Waals surface area contributed by atoms with Crippen LogP contribution >= 0.6 is 0 Å². The van der Waals surface area contributed by atoms with Crippen LogP contribution in [0.4, 0.5) is 0 Å². The first kappa shape index (κ1) is 9.45. The summed E-state index contributed by atoms with van der Waals surface area (Å²) in [6.07, 6.45) is 4.85. The number of aldehydes is 1. The van der Waals surface area contributed by atoms with Gasteiger partial charge in [-0.3, -0.25) is 0 Å². The fraction of sp³-hybridized carbons (Fsp3) is 0.462. The van der Waals surface area contributed by atoms with E-state index in [4.69, 9.17) is 0 Å². The molecule has 0 amide bonds. The van der Waals surface area contributed by atoms with Gasteiger partial charge in [-0.05, 0) is 31.2 Å². The molecule has 1 aliphatic rings. The molecule has 1 aromatic rings. The molecule has 0 spiro atoms. The Morgan fingerprint density at radius 3 is 2.36 bits per heavy atom. The van der Waals surface area contributed by atoms with Gasteiger partial charge in [0.05, 0.1) is 0 Å².